The lowest BCUT2D eigenvalue weighted by molar-refractivity contribution is -0.385. The van der Waals surface area contributed by atoms with E-state index in [0.29, 0.717) is 5.56 Å². The number of nitro benzene ring substituents is 1. The lowest BCUT2D eigenvalue weighted by Crippen LogP contribution is -2.04. The Morgan fingerprint density at radius 1 is 1.53 bits per heavy atom. The number of nitro groups is 1. The summed E-state index contributed by atoms with van der Waals surface area (Å²) in [4.78, 5) is 10.4. The van der Waals surface area contributed by atoms with Crippen LogP contribution in [0.2, 0.25) is 0 Å². The molecule has 0 atom stereocenters. The van der Waals surface area contributed by atoms with Gasteiger partial charge in [0.2, 0.25) is 0 Å². The van der Waals surface area contributed by atoms with Gasteiger partial charge in [0.15, 0.2) is 0 Å². The molecule has 3 nitrogen and oxygen atoms in total. The fourth-order valence-electron chi connectivity index (χ4n) is 1.75. The van der Waals surface area contributed by atoms with Gasteiger partial charge in [-0.15, -0.1) is 6.42 Å². The first-order valence-corrected chi connectivity index (χ1v) is 4.82. The van der Waals surface area contributed by atoms with Gasteiger partial charge in [0, 0.05) is 11.6 Å². The summed E-state index contributed by atoms with van der Waals surface area (Å²) in [6.07, 6.45) is 7.31. The molecule has 0 unspecified atom stereocenters. The molecule has 0 heterocycles. The maximum Gasteiger partial charge on any atom is 0.272 e. The van der Waals surface area contributed by atoms with Crippen LogP contribution in [0.5, 0.6) is 0 Å². The molecule has 1 aliphatic rings. The van der Waals surface area contributed by atoms with Crippen molar-refractivity contribution in [1.82, 2.24) is 0 Å². The molecule has 0 N–H and O–H groups in total. The normalized spacial score (nSPS) is 16.8. The number of benzene rings is 1. The molecule has 0 saturated heterocycles. The molecule has 15 heavy (non-hydrogen) atoms. The summed E-state index contributed by atoms with van der Waals surface area (Å²) in [6.45, 7) is 1.73. The second kappa shape index (κ2) is 3.09. The Balaban J connectivity index is 2.49. The second-order valence-corrected chi connectivity index (χ2v) is 3.98. The van der Waals surface area contributed by atoms with Gasteiger partial charge in [-0.25, -0.2) is 0 Å². The van der Waals surface area contributed by atoms with E-state index in [1.807, 2.05) is 6.07 Å². The molecule has 0 aliphatic heterocycles. The molecule has 0 amide bonds. The molecule has 1 fully saturated rings. The monoisotopic (exact) mass is 201 g/mol. The number of terminal acetylenes is 1. The van der Waals surface area contributed by atoms with E-state index in [1.54, 1.807) is 19.1 Å². The van der Waals surface area contributed by atoms with Crippen molar-refractivity contribution in [1.29, 1.82) is 0 Å². The van der Waals surface area contributed by atoms with Crippen molar-refractivity contribution in [3.05, 3.63) is 39.4 Å². The highest BCUT2D eigenvalue weighted by Gasteiger charge is 2.43. The predicted octanol–water partition coefficient (Wildman–Crippen LogP) is 2.57. The van der Waals surface area contributed by atoms with Gasteiger partial charge < -0.3 is 0 Å². The van der Waals surface area contributed by atoms with Crippen molar-refractivity contribution < 1.29 is 4.92 Å². The highest BCUT2D eigenvalue weighted by atomic mass is 16.6. The minimum atomic E-state index is -0.356. The van der Waals surface area contributed by atoms with Gasteiger partial charge in [-0.1, -0.05) is 18.1 Å². The minimum Gasteiger partial charge on any atom is -0.258 e. The molecule has 2 rings (SSSR count). The van der Waals surface area contributed by atoms with Gasteiger partial charge in [0.25, 0.3) is 5.69 Å². The Hall–Kier alpha value is -1.82. The Bertz CT molecular complexity index is 467. The van der Waals surface area contributed by atoms with Gasteiger partial charge in [0.05, 0.1) is 10.3 Å². The van der Waals surface area contributed by atoms with E-state index in [9.17, 15) is 10.1 Å². The number of aryl methyl sites for hydroxylation is 1. The first-order valence-electron chi connectivity index (χ1n) is 4.82. The van der Waals surface area contributed by atoms with E-state index in [0.717, 1.165) is 18.4 Å². The second-order valence-electron chi connectivity index (χ2n) is 3.98. The molecule has 76 valence electrons. The number of hydrogen-bond donors (Lipinski definition) is 0. The van der Waals surface area contributed by atoms with E-state index in [2.05, 4.69) is 5.92 Å². The molecule has 1 saturated carbocycles. The molecule has 0 spiro atoms. The van der Waals surface area contributed by atoms with E-state index in [4.69, 9.17) is 6.42 Å². The van der Waals surface area contributed by atoms with Crippen molar-refractivity contribution in [3.8, 4) is 12.3 Å². The van der Waals surface area contributed by atoms with E-state index < -0.39 is 0 Å². The SMILES string of the molecule is C#CC1(c2ccc(C)c([N+](=O)[O-])c2)CC1. The fraction of sp³-hybridized carbons (Fsp3) is 0.333. The summed E-state index contributed by atoms with van der Waals surface area (Å²) in [5.74, 6) is 2.73. The number of hydrogen-bond acceptors (Lipinski definition) is 2. The molecule has 1 aromatic carbocycles. The molecular weight excluding hydrogens is 190 g/mol. The van der Waals surface area contributed by atoms with Crippen molar-refractivity contribution in [2.24, 2.45) is 0 Å². The lowest BCUT2D eigenvalue weighted by Gasteiger charge is -2.08. The van der Waals surface area contributed by atoms with Crippen LogP contribution in [-0.2, 0) is 5.41 Å². The molecule has 0 bridgehead atoms. The topological polar surface area (TPSA) is 43.1 Å². The van der Waals surface area contributed by atoms with Gasteiger partial charge in [0.1, 0.15) is 0 Å². The van der Waals surface area contributed by atoms with Gasteiger partial charge in [-0.05, 0) is 25.3 Å². The minimum absolute atomic E-state index is 0.161. The third kappa shape index (κ3) is 1.48. The maximum atomic E-state index is 10.8. The Morgan fingerprint density at radius 3 is 2.67 bits per heavy atom. The summed E-state index contributed by atoms with van der Waals surface area (Å²) < 4.78 is 0. The number of rotatable bonds is 2. The van der Waals surface area contributed by atoms with Crippen LogP contribution in [0.3, 0.4) is 0 Å². The zero-order valence-corrected chi connectivity index (χ0v) is 8.49. The van der Waals surface area contributed by atoms with E-state index in [-0.39, 0.29) is 16.0 Å². The summed E-state index contributed by atoms with van der Waals surface area (Å²) >= 11 is 0. The first kappa shape index (κ1) is 9.72. The summed E-state index contributed by atoms with van der Waals surface area (Å²) in [6, 6.07) is 5.28. The molecule has 0 aromatic heterocycles. The predicted molar refractivity (Wildman–Crippen MR) is 57.6 cm³/mol. The molecule has 0 radical (unpaired) electrons. The van der Waals surface area contributed by atoms with E-state index >= 15 is 0 Å². The summed E-state index contributed by atoms with van der Waals surface area (Å²) in [7, 11) is 0. The third-order valence-corrected chi connectivity index (χ3v) is 2.98. The van der Waals surface area contributed by atoms with Crippen molar-refractivity contribution in [2.45, 2.75) is 25.2 Å². The van der Waals surface area contributed by atoms with Crippen LogP contribution in [0.4, 0.5) is 5.69 Å². The van der Waals surface area contributed by atoms with Crippen molar-refractivity contribution >= 4 is 5.69 Å². The smallest absolute Gasteiger partial charge is 0.258 e. The highest BCUT2D eigenvalue weighted by molar-refractivity contribution is 5.49. The average molecular weight is 201 g/mol. The highest BCUT2D eigenvalue weighted by Crippen LogP contribution is 2.48. The fourth-order valence-corrected chi connectivity index (χ4v) is 1.75. The van der Waals surface area contributed by atoms with Crippen LogP contribution in [0.15, 0.2) is 18.2 Å². The first-order chi connectivity index (χ1) is 7.09. The molecular formula is C12H11NO2. The maximum absolute atomic E-state index is 10.8. The van der Waals surface area contributed by atoms with Crippen LogP contribution >= 0.6 is 0 Å². The van der Waals surface area contributed by atoms with Gasteiger partial charge in [-0.2, -0.15) is 0 Å². The van der Waals surface area contributed by atoms with Gasteiger partial charge in [-0.3, -0.25) is 10.1 Å². The number of nitrogens with zero attached hydrogens (tertiary/aromatic N) is 1. The van der Waals surface area contributed by atoms with E-state index in [1.165, 1.54) is 0 Å². The molecule has 1 aromatic rings. The Labute approximate surface area is 88.3 Å². The molecule has 3 heteroatoms. The van der Waals surface area contributed by atoms with Crippen LogP contribution in [0.25, 0.3) is 0 Å². The lowest BCUT2D eigenvalue weighted by atomic mass is 9.95. The standard InChI is InChI=1S/C12H11NO2/c1-3-12(6-7-12)10-5-4-9(2)11(8-10)13(14)15/h1,4-5,8H,6-7H2,2H3. The third-order valence-electron chi connectivity index (χ3n) is 2.98. The largest absolute Gasteiger partial charge is 0.272 e. The van der Waals surface area contributed by atoms with Crippen LogP contribution in [0.1, 0.15) is 24.0 Å². The van der Waals surface area contributed by atoms with Crippen molar-refractivity contribution in [3.63, 3.8) is 0 Å². The zero-order valence-electron chi connectivity index (χ0n) is 8.49. The average Bonchev–Trinajstić information content (AvgIpc) is 2.99. The van der Waals surface area contributed by atoms with Gasteiger partial charge >= 0.3 is 0 Å². The molecule has 1 aliphatic carbocycles. The van der Waals surface area contributed by atoms with Crippen molar-refractivity contribution in [2.75, 3.05) is 0 Å². The quantitative estimate of drug-likeness (QED) is 0.419. The van der Waals surface area contributed by atoms with Crippen LogP contribution in [-0.4, -0.2) is 4.92 Å². The van der Waals surface area contributed by atoms with Crippen LogP contribution < -0.4 is 0 Å². The summed E-state index contributed by atoms with van der Waals surface area (Å²) in [5, 5.41) is 10.8. The Kier molecular flexibility index (Phi) is 2.01. The Morgan fingerprint density at radius 2 is 2.20 bits per heavy atom. The summed E-state index contributed by atoms with van der Waals surface area (Å²) in [5.41, 5.74) is 1.52. The zero-order chi connectivity index (χ0) is 11.1. The van der Waals surface area contributed by atoms with Crippen LogP contribution in [0, 0.1) is 29.4 Å².